The summed E-state index contributed by atoms with van der Waals surface area (Å²) in [5.74, 6) is -0.838. The number of nitriles is 1. The Hall–Kier alpha value is -3.20. The number of rotatable bonds is 5. The molecule has 25 heavy (non-hydrogen) atoms. The van der Waals surface area contributed by atoms with Crippen LogP contribution in [0, 0.1) is 23.0 Å². The number of hydrogen-bond acceptors (Lipinski definition) is 3. The largest absolute Gasteiger partial charge is 0.362 e. The first-order valence-electron chi connectivity index (χ1n) is 7.72. The zero-order chi connectivity index (χ0) is 17.8. The zero-order valence-electron chi connectivity index (χ0n) is 13.7. The van der Waals surface area contributed by atoms with Gasteiger partial charge in [0.15, 0.2) is 11.6 Å². The number of anilines is 1. The van der Waals surface area contributed by atoms with Gasteiger partial charge in [0.2, 0.25) is 0 Å². The molecule has 0 fully saturated rings. The monoisotopic (exact) mass is 338 g/mol. The van der Waals surface area contributed by atoms with Crippen LogP contribution < -0.4 is 4.90 Å². The third kappa shape index (κ3) is 3.66. The highest BCUT2D eigenvalue weighted by Gasteiger charge is 2.17. The minimum absolute atomic E-state index is 0.0438. The Morgan fingerprint density at radius 2 is 1.84 bits per heavy atom. The molecule has 1 heterocycles. The number of imidazole rings is 1. The number of hydrogen-bond donors (Lipinski definition) is 0. The third-order valence-electron chi connectivity index (χ3n) is 3.90. The molecule has 0 saturated carbocycles. The summed E-state index contributed by atoms with van der Waals surface area (Å²) < 4.78 is 30.3. The predicted octanol–water partition coefficient (Wildman–Crippen LogP) is 3.72. The van der Waals surface area contributed by atoms with Gasteiger partial charge in [0.05, 0.1) is 18.2 Å². The van der Waals surface area contributed by atoms with E-state index >= 15 is 0 Å². The van der Waals surface area contributed by atoms with E-state index in [2.05, 4.69) is 4.98 Å². The first-order valence-corrected chi connectivity index (χ1v) is 7.72. The molecule has 0 aliphatic heterocycles. The zero-order valence-corrected chi connectivity index (χ0v) is 13.7. The van der Waals surface area contributed by atoms with Crippen LogP contribution >= 0.6 is 0 Å². The van der Waals surface area contributed by atoms with Crippen molar-refractivity contribution in [3.63, 3.8) is 0 Å². The van der Waals surface area contributed by atoms with Gasteiger partial charge in [0.1, 0.15) is 11.5 Å². The number of benzene rings is 2. The predicted molar refractivity (Wildman–Crippen MR) is 91.0 cm³/mol. The molecule has 0 radical (unpaired) electrons. The van der Waals surface area contributed by atoms with Crippen molar-refractivity contribution in [3.05, 3.63) is 83.4 Å². The van der Waals surface area contributed by atoms with Crippen LogP contribution in [0.15, 0.2) is 54.9 Å². The lowest BCUT2D eigenvalue weighted by Crippen LogP contribution is -2.22. The summed E-state index contributed by atoms with van der Waals surface area (Å²) in [6, 6.07) is 13.7. The second-order valence-corrected chi connectivity index (χ2v) is 5.71. The lowest BCUT2D eigenvalue weighted by Gasteiger charge is -2.21. The molecule has 0 aliphatic rings. The van der Waals surface area contributed by atoms with Crippen LogP contribution in [-0.2, 0) is 13.1 Å². The lowest BCUT2D eigenvalue weighted by molar-refractivity contribution is 0.572. The summed E-state index contributed by atoms with van der Waals surface area (Å²) in [6.07, 6.45) is 3.50. The Labute approximate surface area is 144 Å². The van der Waals surface area contributed by atoms with E-state index < -0.39 is 11.6 Å². The van der Waals surface area contributed by atoms with Gasteiger partial charge < -0.3 is 9.47 Å². The fourth-order valence-corrected chi connectivity index (χ4v) is 2.70. The van der Waals surface area contributed by atoms with Crippen LogP contribution in [0.5, 0.6) is 0 Å². The van der Waals surface area contributed by atoms with E-state index in [1.807, 2.05) is 41.1 Å². The second kappa shape index (κ2) is 7.14. The summed E-state index contributed by atoms with van der Waals surface area (Å²) in [5, 5.41) is 8.79. The SMILES string of the molecule is CN(Cc1nccn1Cc1ccccc1)c1c(F)cc(C#N)cc1F. The van der Waals surface area contributed by atoms with Gasteiger partial charge in [-0.1, -0.05) is 30.3 Å². The van der Waals surface area contributed by atoms with Crippen LogP contribution in [0.25, 0.3) is 0 Å². The minimum atomic E-state index is -0.764. The molecular formula is C19H16F2N4. The maximum Gasteiger partial charge on any atom is 0.150 e. The quantitative estimate of drug-likeness (QED) is 0.712. The Bertz CT molecular complexity index is 890. The molecule has 126 valence electrons. The van der Waals surface area contributed by atoms with E-state index in [0.29, 0.717) is 12.4 Å². The molecule has 0 unspecified atom stereocenters. The highest BCUT2D eigenvalue weighted by Crippen LogP contribution is 2.25. The highest BCUT2D eigenvalue weighted by atomic mass is 19.1. The number of aromatic nitrogens is 2. The molecule has 0 atom stereocenters. The minimum Gasteiger partial charge on any atom is -0.362 e. The van der Waals surface area contributed by atoms with Crippen molar-refractivity contribution in [1.29, 1.82) is 5.26 Å². The van der Waals surface area contributed by atoms with E-state index in [-0.39, 0.29) is 17.8 Å². The van der Waals surface area contributed by atoms with Crippen molar-refractivity contribution in [1.82, 2.24) is 9.55 Å². The molecule has 0 N–H and O–H groups in total. The van der Waals surface area contributed by atoms with Gasteiger partial charge in [-0.2, -0.15) is 5.26 Å². The lowest BCUT2D eigenvalue weighted by atomic mass is 10.2. The molecule has 3 rings (SSSR count). The molecular weight excluding hydrogens is 322 g/mol. The Morgan fingerprint density at radius 3 is 2.48 bits per heavy atom. The van der Waals surface area contributed by atoms with Gasteiger partial charge in [-0.3, -0.25) is 0 Å². The summed E-state index contributed by atoms with van der Waals surface area (Å²) in [5.41, 5.74) is 0.895. The molecule has 6 heteroatoms. The second-order valence-electron chi connectivity index (χ2n) is 5.71. The molecule has 0 spiro atoms. The van der Waals surface area contributed by atoms with Crippen molar-refractivity contribution >= 4 is 5.69 Å². The van der Waals surface area contributed by atoms with Crippen molar-refractivity contribution in [2.24, 2.45) is 0 Å². The van der Waals surface area contributed by atoms with E-state index in [0.717, 1.165) is 17.7 Å². The molecule has 0 bridgehead atoms. The Balaban J connectivity index is 1.82. The molecule has 4 nitrogen and oxygen atoms in total. The van der Waals surface area contributed by atoms with Gasteiger partial charge >= 0.3 is 0 Å². The summed E-state index contributed by atoms with van der Waals surface area (Å²) in [7, 11) is 1.59. The Morgan fingerprint density at radius 1 is 1.16 bits per heavy atom. The molecule has 0 aliphatic carbocycles. The standard InChI is InChI=1S/C19H16F2N4/c1-24(19-16(20)9-15(11-22)10-17(19)21)13-18-23-7-8-25(18)12-14-5-3-2-4-6-14/h2-10H,12-13H2,1H3. The van der Waals surface area contributed by atoms with E-state index in [4.69, 9.17) is 5.26 Å². The first-order chi connectivity index (χ1) is 12.1. The number of nitrogens with zero attached hydrogens (tertiary/aromatic N) is 4. The molecule has 3 aromatic rings. The molecule has 0 saturated heterocycles. The van der Waals surface area contributed by atoms with Crippen LogP contribution in [0.4, 0.5) is 14.5 Å². The van der Waals surface area contributed by atoms with Crippen molar-refractivity contribution in [3.8, 4) is 6.07 Å². The van der Waals surface area contributed by atoms with Crippen LogP contribution in [0.3, 0.4) is 0 Å². The van der Waals surface area contributed by atoms with E-state index in [1.54, 1.807) is 19.3 Å². The van der Waals surface area contributed by atoms with Gasteiger partial charge in [-0.05, 0) is 17.7 Å². The van der Waals surface area contributed by atoms with Crippen molar-refractivity contribution < 1.29 is 8.78 Å². The Kier molecular flexibility index (Phi) is 4.75. The molecule has 1 aromatic heterocycles. The normalized spacial score (nSPS) is 10.5. The molecule has 2 aromatic carbocycles. The van der Waals surface area contributed by atoms with E-state index in [9.17, 15) is 8.78 Å². The maximum absolute atomic E-state index is 14.2. The van der Waals surface area contributed by atoms with Crippen LogP contribution in [0.1, 0.15) is 17.0 Å². The topological polar surface area (TPSA) is 44.9 Å². The van der Waals surface area contributed by atoms with Crippen molar-refractivity contribution in [2.75, 3.05) is 11.9 Å². The van der Waals surface area contributed by atoms with Crippen LogP contribution in [-0.4, -0.2) is 16.6 Å². The average molecular weight is 338 g/mol. The maximum atomic E-state index is 14.2. The average Bonchev–Trinajstić information content (AvgIpc) is 3.01. The van der Waals surface area contributed by atoms with Crippen LogP contribution in [0.2, 0.25) is 0 Å². The summed E-state index contributed by atoms with van der Waals surface area (Å²) in [6.45, 7) is 0.863. The van der Waals surface area contributed by atoms with Gasteiger partial charge in [-0.15, -0.1) is 0 Å². The highest BCUT2D eigenvalue weighted by molar-refractivity contribution is 5.52. The first kappa shape index (κ1) is 16.7. The van der Waals surface area contributed by atoms with Crippen molar-refractivity contribution in [2.45, 2.75) is 13.1 Å². The number of halogens is 2. The van der Waals surface area contributed by atoms with Gasteiger partial charge in [0, 0.05) is 26.0 Å². The van der Waals surface area contributed by atoms with E-state index in [1.165, 1.54) is 4.90 Å². The smallest absolute Gasteiger partial charge is 0.150 e. The fourth-order valence-electron chi connectivity index (χ4n) is 2.70. The van der Waals surface area contributed by atoms with Gasteiger partial charge in [-0.25, -0.2) is 13.8 Å². The third-order valence-corrected chi connectivity index (χ3v) is 3.90. The van der Waals surface area contributed by atoms with Gasteiger partial charge in [0.25, 0.3) is 0 Å². The fraction of sp³-hybridized carbons (Fsp3) is 0.158. The molecule has 0 amide bonds. The summed E-state index contributed by atoms with van der Waals surface area (Å²) >= 11 is 0. The summed E-state index contributed by atoms with van der Waals surface area (Å²) in [4.78, 5) is 5.75.